The van der Waals surface area contributed by atoms with E-state index in [2.05, 4.69) is 30.5 Å². The zero-order valence-electron chi connectivity index (χ0n) is 13.6. The number of fused-ring (bicyclic) bond motifs is 1. The Morgan fingerprint density at radius 3 is 2.75 bits per heavy atom. The SMILES string of the molecule is CSc1cccc(N2Sc3ccccc3N(CC3CCC3)C2=O)c1. The van der Waals surface area contributed by atoms with Crippen LogP contribution >= 0.6 is 23.7 Å². The summed E-state index contributed by atoms with van der Waals surface area (Å²) in [5.41, 5.74) is 2.00. The number of urea groups is 1. The minimum atomic E-state index is 0.0730. The van der Waals surface area contributed by atoms with Crippen LogP contribution in [0.25, 0.3) is 0 Å². The van der Waals surface area contributed by atoms with Gasteiger partial charge in [-0.1, -0.05) is 24.6 Å². The largest absolute Gasteiger partial charge is 0.339 e. The number of benzene rings is 2. The van der Waals surface area contributed by atoms with Crippen LogP contribution in [0.3, 0.4) is 0 Å². The smallest absolute Gasteiger partial charge is 0.292 e. The minimum absolute atomic E-state index is 0.0730. The monoisotopic (exact) mass is 356 g/mol. The Hall–Kier alpha value is -1.59. The van der Waals surface area contributed by atoms with Gasteiger partial charge in [0, 0.05) is 11.4 Å². The van der Waals surface area contributed by atoms with Crippen molar-refractivity contribution < 1.29 is 4.79 Å². The molecule has 2 aliphatic rings. The quantitative estimate of drug-likeness (QED) is 0.521. The van der Waals surface area contributed by atoms with E-state index in [9.17, 15) is 4.79 Å². The summed E-state index contributed by atoms with van der Waals surface area (Å²) in [5, 5.41) is 0. The second-order valence-corrected chi connectivity index (χ2v) is 8.11. The van der Waals surface area contributed by atoms with Crippen molar-refractivity contribution in [3.05, 3.63) is 48.5 Å². The predicted molar refractivity (Wildman–Crippen MR) is 103 cm³/mol. The van der Waals surface area contributed by atoms with Gasteiger partial charge in [-0.15, -0.1) is 11.8 Å². The first-order chi connectivity index (χ1) is 11.8. The van der Waals surface area contributed by atoms with E-state index in [1.54, 1.807) is 11.8 Å². The molecule has 1 fully saturated rings. The van der Waals surface area contributed by atoms with Crippen LogP contribution in [0.2, 0.25) is 0 Å². The average Bonchev–Trinajstić information content (AvgIpc) is 2.59. The molecule has 0 atom stereocenters. The highest BCUT2D eigenvalue weighted by atomic mass is 32.2. The maximum Gasteiger partial charge on any atom is 0.339 e. The van der Waals surface area contributed by atoms with Crippen molar-refractivity contribution in [3.8, 4) is 0 Å². The Labute approximate surface area is 151 Å². The van der Waals surface area contributed by atoms with Crippen LogP contribution in [-0.2, 0) is 0 Å². The molecule has 5 heteroatoms. The zero-order chi connectivity index (χ0) is 16.5. The lowest BCUT2D eigenvalue weighted by molar-refractivity contribution is 0.248. The Morgan fingerprint density at radius 1 is 1.17 bits per heavy atom. The molecule has 0 saturated heterocycles. The molecule has 0 unspecified atom stereocenters. The second kappa shape index (κ2) is 6.73. The van der Waals surface area contributed by atoms with E-state index < -0.39 is 0 Å². The van der Waals surface area contributed by atoms with E-state index in [0.717, 1.165) is 22.8 Å². The van der Waals surface area contributed by atoms with Crippen LogP contribution < -0.4 is 9.21 Å². The summed E-state index contributed by atoms with van der Waals surface area (Å²) in [5.74, 6) is 0.643. The van der Waals surface area contributed by atoms with Crippen molar-refractivity contribution in [1.29, 1.82) is 0 Å². The molecular weight excluding hydrogens is 336 g/mol. The number of rotatable bonds is 4. The maximum absolute atomic E-state index is 13.2. The number of amides is 2. The lowest BCUT2D eigenvalue weighted by Gasteiger charge is -2.39. The second-order valence-electron chi connectivity index (χ2n) is 6.24. The summed E-state index contributed by atoms with van der Waals surface area (Å²) in [7, 11) is 0. The first-order valence-corrected chi connectivity index (χ1v) is 10.3. The fraction of sp³-hybridized carbons (Fsp3) is 0.316. The fourth-order valence-corrected chi connectivity index (χ4v) is 4.57. The number of carbonyl (C=O) groups is 1. The van der Waals surface area contributed by atoms with E-state index in [-0.39, 0.29) is 6.03 Å². The summed E-state index contributed by atoms with van der Waals surface area (Å²) < 4.78 is 1.83. The van der Waals surface area contributed by atoms with Gasteiger partial charge in [0.05, 0.1) is 16.3 Å². The predicted octanol–water partition coefficient (Wildman–Crippen LogP) is 5.66. The number of thioether (sulfide) groups is 1. The summed E-state index contributed by atoms with van der Waals surface area (Å²) in [6.45, 7) is 0.828. The average molecular weight is 357 g/mol. The normalized spacial score (nSPS) is 17.6. The third kappa shape index (κ3) is 2.91. The molecule has 3 nitrogen and oxygen atoms in total. The number of hydrogen-bond donors (Lipinski definition) is 0. The first-order valence-electron chi connectivity index (χ1n) is 8.29. The van der Waals surface area contributed by atoms with Gasteiger partial charge in [-0.05, 0) is 67.3 Å². The van der Waals surface area contributed by atoms with Gasteiger partial charge in [0.2, 0.25) is 0 Å². The molecule has 1 aliphatic heterocycles. The van der Waals surface area contributed by atoms with Gasteiger partial charge in [-0.25, -0.2) is 9.10 Å². The highest BCUT2D eigenvalue weighted by Crippen LogP contribution is 2.43. The number of nitrogens with zero attached hydrogens (tertiary/aromatic N) is 2. The van der Waals surface area contributed by atoms with Crippen molar-refractivity contribution in [1.82, 2.24) is 0 Å². The summed E-state index contributed by atoms with van der Waals surface area (Å²) in [6.07, 6.45) is 5.83. The number of para-hydroxylation sites is 1. The Balaban J connectivity index is 1.70. The van der Waals surface area contributed by atoms with Crippen LogP contribution in [-0.4, -0.2) is 18.8 Å². The van der Waals surface area contributed by atoms with E-state index >= 15 is 0 Å². The van der Waals surface area contributed by atoms with E-state index in [0.29, 0.717) is 5.92 Å². The molecule has 0 radical (unpaired) electrons. The van der Waals surface area contributed by atoms with Gasteiger partial charge >= 0.3 is 6.03 Å². The van der Waals surface area contributed by atoms with Gasteiger partial charge in [-0.3, -0.25) is 4.90 Å². The Bertz CT molecular complexity index is 761. The highest BCUT2D eigenvalue weighted by molar-refractivity contribution is 8.01. The van der Waals surface area contributed by atoms with Gasteiger partial charge in [-0.2, -0.15) is 0 Å². The highest BCUT2D eigenvalue weighted by Gasteiger charge is 2.34. The Morgan fingerprint density at radius 2 is 2.00 bits per heavy atom. The van der Waals surface area contributed by atoms with E-state index in [1.165, 1.54) is 36.1 Å². The van der Waals surface area contributed by atoms with Gasteiger partial charge in [0.1, 0.15) is 0 Å². The van der Waals surface area contributed by atoms with Crippen LogP contribution in [0.1, 0.15) is 19.3 Å². The van der Waals surface area contributed by atoms with Gasteiger partial charge in [0.15, 0.2) is 0 Å². The molecule has 2 amide bonds. The van der Waals surface area contributed by atoms with Crippen LogP contribution in [0.4, 0.5) is 16.2 Å². The molecule has 1 saturated carbocycles. The van der Waals surface area contributed by atoms with Crippen molar-refractivity contribution in [2.75, 3.05) is 22.0 Å². The number of anilines is 2. The molecule has 0 bridgehead atoms. The minimum Gasteiger partial charge on any atom is -0.292 e. The van der Waals surface area contributed by atoms with Crippen molar-refractivity contribution in [3.63, 3.8) is 0 Å². The molecule has 2 aromatic rings. The standard InChI is InChI=1S/C19H20N2OS2/c1-23-16-9-5-8-15(12-16)21-19(22)20(13-14-6-4-7-14)17-10-2-3-11-18(17)24-21/h2-3,5,8-12,14H,4,6-7,13H2,1H3. The molecule has 24 heavy (non-hydrogen) atoms. The number of hydrogen-bond acceptors (Lipinski definition) is 3. The lowest BCUT2D eigenvalue weighted by Crippen LogP contribution is -2.46. The van der Waals surface area contributed by atoms with Crippen molar-refractivity contribution in [2.24, 2.45) is 5.92 Å². The number of carbonyl (C=O) groups excluding carboxylic acids is 1. The molecule has 0 spiro atoms. The first kappa shape index (κ1) is 15.9. The van der Waals surface area contributed by atoms with E-state index in [4.69, 9.17) is 0 Å². The van der Waals surface area contributed by atoms with Crippen LogP contribution in [0.15, 0.2) is 58.3 Å². The molecule has 0 aromatic heterocycles. The van der Waals surface area contributed by atoms with Crippen LogP contribution in [0, 0.1) is 5.92 Å². The van der Waals surface area contributed by atoms with Crippen LogP contribution in [0.5, 0.6) is 0 Å². The third-order valence-electron chi connectivity index (χ3n) is 4.70. The summed E-state index contributed by atoms with van der Waals surface area (Å²) >= 11 is 3.22. The molecule has 4 rings (SSSR count). The third-order valence-corrected chi connectivity index (χ3v) is 6.52. The topological polar surface area (TPSA) is 23.6 Å². The van der Waals surface area contributed by atoms with Crippen molar-refractivity contribution >= 4 is 41.1 Å². The Kier molecular flexibility index (Phi) is 4.46. The zero-order valence-corrected chi connectivity index (χ0v) is 15.3. The van der Waals surface area contributed by atoms with Gasteiger partial charge in [0.25, 0.3) is 0 Å². The fourth-order valence-electron chi connectivity index (χ4n) is 3.12. The molecule has 124 valence electrons. The maximum atomic E-state index is 13.2. The molecule has 2 aromatic carbocycles. The van der Waals surface area contributed by atoms with E-state index in [1.807, 2.05) is 33.5 Å². The molecule has 1 heterocycles. The molecule has 1 aliphatic carbocycles. The molecular formula is C19H20N2OS2. The lowest BCUT2D eigenvalue weighted by atomic mass is 9.85. The van der Waals surface area contributed by atoms with Crippen molar-refractivity contribution in [2.45, 2.75) is 29.1 Å². The summed E-state index contributed by atoms with van der Waals surface area (Å²) in [6, 6.07) is 16.5. The summed E-state index contributed by atoms with van der Waals surface area (Å²) in [4.78, 5) is 17.5. The van der Waals surface area contributed by atoms with Gasteiger partial charge < -0.3 is 0 Å². The molecule has 0 N–H and O–H groups in total.